The van der Waals surface area contributed by atoms with Crippen LogP contribution in [0.5, 0.6) is 5.75 Å². The highest BCUT2D eigenvalue weighted by atomic mass is 79.9. The number of benzene rings is 2. The van der Waals surface area contributed by atoms with Crippen LogP contribution in [0.25, 0.3) is 10.2 Å². The van der Waals surface area contributed by atoms with Crippen molar-refractivity contribution < 1.29 is 18.3 Å². The van der Waals surface area contributed by atoms with Gasteiger partial charge >= 0.3 is 0 Å². The minimum Gasteiger partial charge on any atom is -0.497 e. The molecule has 0 aliphatic rings. The summed E-state index contributed by atoms with van der Waals surface area (Å²) in [6, 6.07) is 11.0. The lowest BCUT2D eigenvalue weighted by atomic mass is 10.1. The number of hydrogen-bond donors (Lipinski definition) is 1. The van der Waals surface area contributed by atoms with Crippen LogP contribution in [0.1, 0.15) is 17.4 Å². The van der Waals surface area contributed by atoms with Gasteiger partial charge in [-0.05, 0) is 40.2 Å². The molecule has 2 heterocycles. The molecule has 0 aliphatic carbocycles. The standard InChI is InChI=1S/C23H21BrF2N4O2S/c1-31-15-5-2-4-14(10-15)22(32-13-16-18(25)6-3-7-19(16)26)30(9-8-27)23-29-21-17(24)11-28-12-20(21)33-23/h2-7,10-12,22H,8-9,13,27H2,1H3. The average molecular weight is 535 g/mol. The number of halogens is 3. The maximum atomic E-state index is 14.3. The molecule has 1 atom stereocenters. The minimum atomic E-state index is -0.727. The number of fused-ring (bicyclic) bond motifs is 1. The predicted molar refractivity (Wildman–Crippen MR) is 128 cm³/mol. The van der Waals surface area contributed by atoms with Gasteiger partial charge in [-0.15, -0.1) is 0 Å². The van der Waals surface area contributed by atoms with E-state index >= 15 is 0 Å². The first kappa shape index (κ1) is 23.5. The summed E-state index contributed by atoms with van der Waals surface area (Å²) in [6.07, 6.45) is 2.68. The molecule has 10 heteroatoms. The third kappa shape index (κ3) is 5.14. The second-order valence-electron chi connectivity index (χ2n) is 7.09. The Labute approximate surface area is 202 Å². The Morgan fingerprint density at radius 3 is 2.61 bits per heavy atom. The van der Waals surface area contributed by atoms with E-state index in [1.807, 2.05) is 29.2 Å². The monoisotopic (exact) mass is 534 g/mol. The second kappa shape index (κ2) is 10.5. The molecule has 0 saturated heterocycles. The lowest BCUT2D eigenvalue weighted by Crippen LogP contribution is -2.35. The largest absolute Gasteiger partial charge is 0.497 e. The number of nitrogens with zero attached hydrogens (tertiary/aromatic N) is 3. The lowest BCUT2D eigenvalue weighted by molar-refractivity contribution is 0.0340. The average Bonchev–Trinajstić information content (AvgIpc) is 3.25. The zero-order chi connectivity index (χ0) is 23.4. The molecular weight excluding hydrogens is 514 g/mol. The number of ether oxygens (including phenoxy) is 2. The minimum absolute atomic E-state index is 0.144. The van der Waals surface area contributed by atoms with Crippen LogP contribution in [-0.4, -0.2) is 30.2 Å². The normalized spacial score (nSPS) is 12.2. The molecule has 4 aromatic rings. The van der Waals surface area contributed by atoms with Crippen molar-refractivity contribution in [1.82, 2.24) is 9.97 Å². The van der Waals surface area contributed by atoms with Crippen LogP contribution in [0, 0.1) is 11.6 Å². The van der Waals surface area contributed by atoms with E-state index in [1.165, 1.54) is 29.5 Å². The first-order valence-electron chi connectivity index (χ1n) is 10.1. The van der Waals surface area contributed by atoms with Crippen LogP contribution in [-0.2, 0) is 11.3 Å². The summed E-state index contributed by atoms with van der Waals surface area (Å²) in [5, 5.41) is 0.644. The van der Waals surface area contributed by atoms with Gasteiger partial charge in [-0.3, -0.25) is 4.98 Å². The van der Waals surface area contributed by atoms with E-state index in [4.69, 9.17) is 20.2 Å². The summed E-state index contributed by atoms with van der Waals surface area (Å²) in [7, 11) is 1.57. The molecule has 0 amide bonds. The van der Waals surface area contributed by atoms with Gasteiger partial charge in [-0.1, -0.05) is 29.5 Å². The topological polar surface area (TPSA) is 73.5 Å². The smallest absolute Gasteiger partial charge is 0.188 e. The summed E-state index contributed by atoms with van der Waals surface area (Å²) in [6.45, 7) is 0.428. The zero-order valence-corrected chi connectivity index (χ0v) is 20.1. The van der Waals surface area contributed by atoms with Gasteiger partial charge in [0.25, 0.3) is 0 Å². The number of rotatable bonds is 9. The van der Waals surface area contributed by atoms with Gasteiger partial charge in [0.15, 0.2) is 11.4 Å². The van der Waals surface area contributed by atoms with Gasteiger partial charge in [0.1, 0.15) is 22.9 Å². The van der Waals surface area contributed by atoms with Gasteiger partial charge in [-0.25, -0.2) is 13.8 Å². The van der Waals surface area contributed by atoms with E-state index in [-0.39, 0.29) is 12.2 Å². The van der Waals surface area contributed by atoms with Crippen LogP contribution in [0.2, 0.25) is 0 Å². The van der Waals surface area contributed by atoms with Crippen molar-refractivity contribution in [3.05, 3.63) is 82.1 Å². The van der Waals surface area contributed by atoms with Crippen LogP contribution in [0.3, 0.4) is 0 Å². The number of thiazole rings is 1. The second-order valence-corrected chi connectivity index (χ2v) is 8.95. The number of nitrogens with two attached hydrogens (primary N) is 1. The maximum Gasteiger partial charge on any atom is 0.188 e. The fourth-order valence-electron chi connectivity index (χ4n) is 3.38. The van der Waals surface area contributed by atoms with Crippen LogP contribution in [0.15, 0.2) is 59.3 Å². The number of anilines is 1. The molecule has 1 unspecified atom stereocenters. The van der Waals surface area contributed by atoms with Gasteiger partial charge < -0.3 is 20.1 Å². The molecule has 2 aromatic carbocycles. The highest BCUT2D eigenvalue weighted by molar-refractivity contribution is 9.10. The molecule has 0 fully saturated rings. The van der Waals surface area contributed by atoms with E-state index in [2.05, 4.69) is 20.9 Å². The maximum absolute atomic E-state index is 14.3. The third-order valence-corrected chi connectivity index (χ3v) is 6.58. The Bertz CT molecular complexity index is 1240. The van der Waals surface area contributed by atoms with Gasteiger partial charge in [0.2, 0.25) is 0 Å². The number of aromatic nitrogens is 2. The van der Waals surface area contributed by atoms with Gasteiger partial charge in [-0.2, -0.15) is 0 Å². The molecule has 0 spiro atoms. The summed E-state index contributed by atoms with van der Waals surface area (Å²) in [5.74, 6) is -0.707. The zero-order valence-electron chi connectivity index (χ0n) is 17.7. The van der Waals surface area contributed by atoms with Crippen molar-refractivity contribution in [3.8, 4) is 5.75 Å². The molecule has 0 bridgehead atoms. The van der Waals surface area contributed by atoms with Crippen LogP contribution in [0.4, 0.5) is 13.9 Å². The molecule has 0 saturated carbocycles. The number of methoxy groups -OCH3 is 1. The SMILES string of the molecule is COc1cccc(C(OCc2c(F)cccc2F)N(CCN)c2nc3c(Br)cncc3s2)c1. The van der Waals surface area contributed by atoms with Gasteiger partial charge in [0.05, 0.1) is 22.9 Å². The predicted octanol–water partition coefficient (Wildman–Crippen LogP) is 5.42. The summed E-state index contributed by atoms with van der Waals surface area (Å²) >= 11 is 4.91. The number of pyridine rings is 1. The first-order valence-corrected chi connectivity index (χ1v) is 11.7. The summed E-state index contributed by atoms with van der Waals surface area (Å²) in [5.41, 5.74) is 7.28. The highest BCUT2D eigenvalue weighted by Crippen LogP contribution is 2.37. The molecule has 0 aliphatic heterocycles. The summed E-state index contributed by atoms with van der Waals surface area (Å²) in [4.78, 5) is 10.8. The molecule has 6 nitrogen and oxygen atoms in total. The van der Waals surface area contributed by atoms with E-state index in [0.29, 0.717) is 24.0 Å². The van der Waals surface area contributed by atoms with Crippen molar-refractivity contribution in [1.29, 1.82) is 0 Å². The van der Waals surface area contributed by atoms with Crippen molar-refractivity contribution in [2.45, 2.75) is 12.8 Å². The number of hydrogen-bond acceptors (Lipinski definition) is 7. The molecule has 172 valence electrons. The van der Waals surface area contributed by atoms with Crippen molar-refractivity contribution >= 4 is 42.6 Å². The van der Waals surface area contributed by atoms with E-state index in [0.717, 1.165) is 20.3 Å². The molecule has 2 aromatic heterocycles. The van der Waals surface area contributed by atoms with E-state index in [9.17, 15) is 8.78 Å². The molecular formula is C23H21BrF2N4O2S. The first-order chi connectivity index (χ1) is 16.0. The Morgan fingerprint density at radius 2 is 1.91 bits per heavy atom. The quantitative estimate of drug-likeness (QED) is 0.289. The van der Waals surface area contributed by atoms with Crippen LogP contribution < -0.4 is 15.4 Å². The van der Waals surface area contributed by atoms with Crippen LogP contribution >= 0.6 is 27.3 Å². The lowest BCUT2D eigenvalue weighted by Gasteiger charge is -2.31. The van der Waals surface area contributed by atoms with E-state index < -0.39 is 17.9 Å². The van der Waals surface area contributed by atoms with E-state index in [1.54, 1.807) is 19.5 Å². The van der Waals surface area contributed by atoms with Crippen molar-refractivity contribution in [3.63, 3.8) is 0 Å². The van der Waals surface area contributed by atoms with Gasteiger partial charge in [0, 0.05) is 36.6 Å². The molecule has 2 N–H and O–H groups in total. The summed E-state index contributed by atoms with van der Waals surface area (Å²) < 4.78 is 41.7. The highest BCUT2D eigenvalue weighted by Gasteiger charge is 2.26. The Kier molecular flexibility index (Phi) is 7.49. The van der Waals surface area contributed by atoms with Crippen molar-refractivity contribution in [2.75, 3.05) is 25.1 Å². The molecule has 33 heavy (non-hydrogen) atoms. The Morgan fingerprint density at radius 1 is 1.15 bits per heavy atom. The Balaban J connectivity index is 1.76. The fraction of sp³-hybridized carbons (Fsp3) is 0.217. The van der Waals surface area contributed by atoms with Crippen molar-refractivity contribution in [2.24, 2.45) is 5.73 Å². The fourth-order valence-corrected chi connectivity index (χ4v) is 4.93. The Hall–Kier alpha value is -2.66. The molecule has 4 rings (SSSR count). The third-order valence-electron chi connectivity index (χ3n) is 4.97. The molecule has 0 radical (unpaired) electrons.